The second kappa shape index (κ2) is 3.68. The average Bonchev–Trinajstić information content (AvgIpc) is 2.08. The van der Waals surface area contributed by atoms with Gasteiger partial charge in [0.2, 0.25) is 0 Å². The van der Waals surface area contributed by atoms with Crippen LogP contribution in [0.25, 0.3) is 0 Å². The van der Waals surface area contributed by atoms with Gasteiger partial charge in [0.1, 0.15) is 5.82 Å². The lowest BCUT2D eigenvalue weighted by Gasteiger charge is -1.99. The van der Waals surface area contributed by atoms with E-state index in [1.165, 1.54) is 18.2 Å². The van der Waals surface area contributed by atoms with Crippen molar-refractivity contribution < 1.29 is 9.18 Å². The number of ketones is 1. The molecule has 0 radical (unpaired) electrons. The van der Waals surface area contributed by atoms with Gasteiger partial charge in [0, 0.05) is 11.4 Å². The molecule has 64 valence electrons. The quantitative estimate of drug-likeness (QED) is 0.649. The second-order valence-electron chi connectivity index (χ2n) is 2.40. The van der Waals surface area contributed by atoms with Crippen molar-refractivity contribution in [2.75, 3.05) is 0 Å². The van der Waals surface area contributed by atoms with E-state index in [1.807, 2.05) is 0 Å². The largest absolute Gasteiger partial charge is 0.294 e. The third kappa shape index (κ3) is 1.83. The summed E-state index contributed by atoms with van der Waals surface area (Å²) < 4.78 is 12.9. The van der Waals surface area contributed by atoms with Gasteiger partial charge >= 0.3 is 0 Å². The van der Waals surface area contributed by atoms with Crippen LogP contribution in [0.2, 0.25) is 5.02 Å². The summed E-state index contributed by atoms with van der Waals surface area (Å²) in [7, 11) is 0. The fourth-order valence-electron chi connectivity index (χ4n) is 0.902. The molecule has 0 aliphatic carbocycles. The minimum absolute atomic E-state index is 0.0741. The van der Waals surface area contributed by atoms with Gasteiger partial charge in [-0.25, -0.2) is 4.39 Å². The molecule has 1 rings (SSSR count). The summed E-state index contributed by atoms with van der Waals surface area (Å²) in [5, 5.41) is 0.383. The van der Waals surface area contributed by atoms with Gasteiger partial charge in [0.25, 0.3) is 0 Å². The normalized spacial score (nSPS) is 9.92. The Balaban J connectivity index is 3.13. The maximum Gasteiger partial charge on any atom is 0.165 e. The molecule has 0 saturated heterocycles. The molecule has 0 fully saturated rings. The molecule has 0 N–H and O–H groups in total. The second-order valence-corrected chi connectivity index (χ2v) is 2.84. The van der Waals surface area contributed by atoms with Gasteiger partial charge in [-0.05, 0) is 18.2 Å². The molecular weight excluding hydrogens is 179 g/mol. The first-order valence-electron chi connectivity index (χ1n) is 3.63. The molecule has 0 unspecified atom stereocenters. The van der Waals surface area contributed by atoms with Gasteiger partial charge < -0.3 is 0 Å². The molecule has 0 heterocycles. The van der Waals surface area contributed by atoms with Gasteiger partial charge in [0.15, 0.2) is 5.78 Å². The Labute approximate surface area is 75.2 Å². The van der Waals surface area contributed by atoms with Gasteiger partial charge in [-0.1, -0.05) is 18.5 Å². The Morgan fingerprint density at radius 3 is 2.83 bits per heavy atom. The van der Waals surface area contributed by atoms with Crippen molar-refractivity contribution in [1.82, 2.24) is 0 Å². The Bertz CT molecular complexity index is 309. The molecule has 0 spiro atoms. The minimum Gasteiger partial charge on any atom is -0.294 e. The van der Waals surface area contributed by atoms with Crippen molar-refractivity contribution in [3.05, 3.63) is 34.6 Å². The van der Waals surface area contributed by atoms with Gasteiger partial charge in [-0.15, -0.1) is 0 Å². The van der Waals surface area contributed by atoms with Crippen molar-refractivity contribution in [3.8, 4) is 0 Å². The van der Waals surface area contributed by atoms with Crippen LogP contribution in [-0.2, 0) is 0 Å². The van der Waals surface area contributed by atoms with Crippen LogP contribution in [0.4, 0.5) is 4.39 Å². The number of carbonyl (C=O) groups excluding carboxylic acids is 1. The van der Waals surface area contributed by atoms with Crippen LogP contribution in [-0.4, -0.2) is 5.78 Å². The van der Waals surface area contributed by atoms with E-state index in [4.69, 9.17) is 11.6 Å². The van der Waals surface area contributed by atoms with E-state index in [9.17, 15) is 9.18 Å². The number of hydrogen-bond donors (Lipinski definition) is 0. The predicted molar refractivity (Wildman–Crippen MR) is 46.0 cm³/mol. The standard InChI is InChI=1S/C9H8ClFO/c1-2-9(12)7-5-6(10)3-4-8(7)11/h3-5H,2H2,1H3. The highest BCUT2D eigenvalue weighted by Gasteiger charge is 2.09. The summed E-state index contributed by atoms with van der Waals surface area (Å²) in [6.45, 7) is 1.68. The van der Waals surface area contributed by atoms with E-state index in [0.717, 1.165) is 0 Å². The molecule has 0 aromatic heterocycles. The topological polar surface area (TPSA) is 17.1 Å². The molecular formula is C9H8ClFO. The first-order valence-corrected chi connectivity index (χ1v) is 4.01. The molecule has 3 heteroatoms. The summed E-state index contributed by atoms with van der Waals surface area (Å²) >= 11 is 5.60. The van der Waals surface area contributed by atoms with Crippen LogP contribution in [0, 0.1) is 5.82 Å². The number of hydrogen-bond acceptors (Lipinski definition) is 1. The summed E-state index contributed by atoms with van der Waals surface area (Å²) in [6, 6.07) is 3.97. The average molecular weight is 187 g/mol. The summed E-state index contributed by atoms with van der Waals surface area (Å²) in [6.07, 6.45) is 0.289. The molecule has 12 heavy (non-hydrogen) atoms. The molecule has 0 amide bonds. The number of halogens is 2. The Morgan fingerprint density at radius 2 is 2.25 bits per heavy atom. The van der Waals surface area contributed by atoms with Crippen LogP contribution in [0.15, 0.2) is 18.2 Å². The van der Waals surface area contributed by atoms with E-state index in [2.05, 4.69) is 0 Å². The molecule has 0 bridgehead atoms. The fourth-order valence-corrected chi connectivity index (χ4v) is 1.07. The fraction of sp³-hybridized carbons (Fsp3) is 0.222. The van der Waals surface area contributed by atoms with Crippen molar-refractivity contribution in [2.24, 2.45) is 0 Å². The van der Waals surface area contributed by atoms with Crippen molar-refractivity contribution >= 4 is 17.4 Å². The number of rotatable bonds is 2. The molecule has 0 atom stereocenters. The van der Waals surface area contributed by atoms with E-state index < -0.39 is 5.82 Å². The van der Waals surface area contributed by atoms with E-state index in [-0.39, 0.29) is 17.8 Å². The zero-order chi connectivity index (χ0) is 9.14. The van der Waals surface area contributed by atoms with Crippen LogP contribution < -0.4 is 0 Å². The lowest BCUT2D eigenvalue weighted by molar-refractivity contribution is 0.0984. The number of Topliss-reactive ketones (excluding diaryl/α,β-unsaturated/α-hetero) is 1. The highest BCUT2D eigenvalue weighted by Crippen LogP contribution is 2.16. The SMILES string of the molecule is CCC(=O)c1cc(Cl)ccc1F. The lowest BCUT2D eigenvalue weighted by Crippen LogP contribution is -1.99. The van der Waals surface area contributed by atoms with Crippen molar-refractivity contribution in [2.45, 2.75) is 13.3 Å². The van der Waals surface area contributed by atoms with E-state index in [1.54, 1.807) is 6.92 Å². The monoisotopic (exact) mass is 186 g/mol. The van der Waals surface area contributed by atoms with Crippen molar-refractivity contribution in [3.63, 3.8) is 0 Å². The summed E-state index contributed by atoms with van der Waals surface area (Å²) in [4.78, 5) is 11.1. The highest BCUT2D eigenvalue weighted by atomic mass is 35.5. The van der Waals surface area contributed by atoms with Crippen LogP contribution in [0.3, 0.4) is 0 Å². The van der Waals surface area contributed by atoms with E-state index >= 15 is 0 Å². The summed E-state index contributed by atoms with van der Waals surface area (Å²) in [5.74, 6) is -0.735. The molecule has 1 nitrogen and oxygen atoms in total. The highest BCUT2D eigenvalue weighted by molar-refractivity contribution is 6.31. The van der Waals surface area contributed by atoms with Crippen LogP contribution in [0.1, 0.15) is 23.7 Å². The molecule has 0 aliphatic rings. The number of carbonyl (C=O) groups is 1. The Morgan fingerprint density at radius 1 is 1.58 bits per heavy atom. The molecule has 1 aromatic rings. The molecule has 0 saturated carbocycles. The Hall–Kier alpha value is -0.890. The maximum atomic E-state index is 12.9. The van der Waals surface area contributed by atoms with Crippen molar-refractivity contribution in [1.29, 1.82) is 0 Å². The maximum absolute atomic E-state index is 12.9. The lowest BCUT2D eigenvalue weighted by atomic mass is 10.1. The molecule has 1 aromatic carbocycles. The smallest absolute Gasteiger partial charge is 0.165 e. The zero-order valence-electron chi connectivity index (χ0n) is 6.60. The van der Waals surface area contributed by atoms with E-state index in [0.29, 0.717) is 5.02 Å². The third-order valence-electron chi connectivity index (χ3n) is 1.55. The Kier molecular flexibility index (Phi) is 2.82. The predicted octanol–water partition coefficient (Wildman–Crippen LogP) is 3.07. The van der Waals surface area contributed by atoms with Gasteiger partial charge in [0.05, 0.1) is 5.56 Å². The van der Waals surface area contributed by atoms with Gasteiger partial charge in [-0.2, -0.15) is 0 Å². The minimum atomic E-state index is -0.508. The van der Waals surface area contributed by atoms with Crippen LogP contribution >= 0.6 is 11.6 Å². The third-order valence-corrected chi connectivity index (χ3v) is 1.79. The first-order chi connectivity index (χ1) is 5.65. The van der Waals surface area contributed by atoms with Crippen LogP contribution in [0.5, 0.6) is 0 Å². The number of benzene rings is 1. The molecule has 0 aliphatic heterocycles. The summed E-state index contributed by atoms with van der Waals surface area (Å²) in [5.41, 5.74) is 0.0741. The first kappa shape index (κ1) is 9.20. The zero-order valence-corrected chi connectivity index (χ0v) is 7.36. The van der Waals surface area contributed by atoms with Gasteiger partial charge in [-0.3, -0.25) is 4.79 Å².